The molecule has 4 atom stereocenters. The third kappa shape index (κ3) is 4.68. The number of carbonyl (C=O) groups is 2. The summed E-state index contributed by atoms with van der Waals surface area (Å²) in [5, 5.41) is 0. The Balaban J connectivity index is 3.22. The molecule has 6 heteroatoms. The van der Waals surface area contributed by atoms with E-state index >= 15 is 0 Å². The molecule has 22 heavy (non-hydrogen) atoms. The highest BCUT2D eigenvalue weighted by molar-refractivity contribution is 5.67. The lowest BCUT2D eigenvalue weighted by atomic mass is 9.82. The normalized spacial score (nSPS) is 29.8. The summed E-state index contributed by atoms with van der Waals surface area (Å²) < 4.78 is 12.6. The first kappa shape index (κ1) is 18.9. The highest BCUT2D eigenvalue weighted by atomic mass is 16.6. The second-order valence-corrected chi connectivity index (χ2v) is 8.09. The molecule has 0 aromatic heterocycles. The molecule has 0 aromatic carbocycles. The van der Waals surface area contributed by atoms with Gasteiger partial charge in [-0.05, 0) is 6.42 Å². The maximum atomic E-state index is 11.6. The molecule has 0 spiro atoms. The number of rotatable bonds is 4. The van der Waals surface area contributed by atoms with Crippen molar-refractivity contribution in [2.45, 2.75) is 51.0 Å². The van der Waals surface area contributed by atoms with Crippen LogP contribution in [0.2, 0.25) is 0 Å². The highest BCUT2D eigenvalue weighted by Crippen LogP contribution is 2.34. The second-order valence-electron chi connectivity index (χ2n) is 8.09. The molecule has 0 amide bonds. The Morgan fingerprint density at radius 2 is 1.32 bits per heavy atom. The van der Waals surface area contributed by atoms with Gasteiger partial charge in [0.2, 0.25) is 6.10 Å². The SMILES string of the molecule is CC(=O)O[C@H]1[C@@H]([N+](C)(C)C)[C@H](OC(C)=O)CC[C@@H]1[N+](C)(C)C. The van der Waals surface area contributed by atoms with Crippen LogP contribution in [0.1, 0.15) is 26.7 Å². The van der Waals surface area contributed by atoms with Crippen LogP contribution in [0.15, 0.2) is 0 Å². The first-order chi connectivity index (χ1) is 9.84. The Kier molecular flexibility index (Phi) is 5.62. The third-order valence-electron chi connectivity index (χ3n) is 4.35. The lowest BCUT2D eigenvalue weighted by Gasteiger charge is -2.50. The van der Waals surface area contributed by atoms with E-state index in [9.17, 15) is 9.59 Å². The molecule has 1 aliphatic carbocycles. The molecule has 128 valence electrons. The van der Waals surface area contributed by atoms with Crippen molar-refractivity contribution in [3.05, 3.63) is 0 Å². The molecule has 0 aliphatic heterocycles. The fourth-order valence-corrected chi connectivity index (χ4v) is 3.56. The van der Waals surface area contributed by atoms with E-state index < -0.39 is 0 Å². The van der Waals surface area contributed by atoms with Gasteiger partial charge in [0.15, 0.2) is 12.1 Å². The van der Waals surface area contributed by atoms with Gasteiger partial charge in [-0.1, -0.05) is 0 Å². The summed E-state index contributed by atoms with van der Waals surface area (Å²) in [5.41, 5.74) is 0. The number of likely N-dealkylation sites (N-methyl/N-ethyl adjacent to an activating group) is 2. The van der Waals surface area contributed by atoms with Gasteiger partial charge in [0.1, 0.15) is 6.04 Å². The van der Waals surface area contributed by atoms with Crippen molar-refractivity contribution in [3.8, 4) is 0 Å². The summed E-state index contributed by atoms with van der Waals surface area (Å²) in [6.45, 7) is 2.87. The van der Waals surface area contributed by atoms with Gasteiger partial charge in [-0.15, -0.1) is 0 Å². The van der Waals surface area contributed by atoms with Gasteiger partial charge >= 0.3 is 11.9 Å². The predicted molar refractivity (Wildman–Crippen MR) is 84.0 cm³/mol. The minimum Gasteiger partial charge on any atom is -0.456 e. The molecule has 0 aromatic rings. The van der Waals surface area contributed by atoms with Crippen LogP contribution in [0.3, 0.4) is 0 Å². The first-order valence-electron chi connectivity index (χ1n) is 7.80. The molecule has 0 bridgehead atoms. The standard InChI is InChI=1S/C16H32N2O4/c1-11(19)21-14-10-9-13(17(3,4)5)16(22-12(2)20)15(14)18(6,7)8/h13-16H,9-10H2,1-8H3/q+2/t13-,14+,15-,16+/m0/s1. The average molecular weight is 316 g/mol. The van der Waals surface area contributed by atoms with Crippen molar-refractivity contribution in [3.63, 3.8) is 0 Å². The fourth-order valence-electron chi connectivity index (χ4n) is 3.56. The molecule has 1 saturated carbocycles. The fraction of sp³-hybridized carbons (Fsp3) is 0.875. The number of nitrogens with zero attached hydrogens (tertiary/aromatic N) is 2. The second kappa shape index (κ2) is 6.54. The van der Waals surface area contributed by atoms with Gasteiger partial charge in [-0.3, -0.25) is 9.59 Å². The number of ether oxygens (including phenoxy) is 2. The van der Waals surface area contributed by atoms with Crippen molar-refractivity contribution in [2.75, 3.05) is 42.3 Å². The molecule has 1 aliphatic rings. The van der Waals surface area contributed by atoms with Gasteiger partial charge in [0.05, 0.1) is 42.3 Å². The quantitative estimate of drug-likeness (QED) is 0.568. The number of hydrogen-bond donors (Lipinski definition) is 0. The summed E-state index contributed by atoms with van der Waals surface area (Å²) in [4.78, 5) is 23.1. The Hall–Kier alpha value is -1.14. The molecule has 0 radical (unpaired) electrons. The maximum absolute atomic E-state index is 11.6. The van der Waals surface area contributed by atoms with Crippen LogP contribution in [0, 0.1) is 0 Å². The van der Waals surface area contributed by atoms with Crippen LogP contribution in [0.4, 0.5) is 0 Å². The lowest BCUT2D eigenvalue weighted by molar-refractivity contribution is -0.931. The third-order valence-corrected chi connectivity index (χ3v) is 4.35. The molecular formula is C16H32N2O4+2. The van der Waals surface area contributed by atoms with E-state index in [1.54, 1.807) is 0 Å². The van der Waals surface area contributed by atoms with E-state index in [1.165, 1.54) is 13.8 Å². The molecule has 0 N–H and O–H groups in total. The van der Waals surface area contributed by atoms with Gasteiger partial charge in [-0.2, -0.15) is 0 Å². The van der Waals surface area contributed by atoms with Crippen molar-refractivity contribution in [1.82, 2.24) is 0 Å². The Morgan fingerprint density at radius 1 is 0.818 bits per heavy atom. The molecule has 0 heterocycles. The topological polar surface area (TPSA) is 52.6 Å². The average Bonchev–Trinajstić information content (AvgIpc) is 2.23. The predicted octanol–water partition coefficient (Wildman–Crippen LogP) is 0.793. The number of esters is 2. The number of quaternary nitrogens is 2. The molecule has 0 saturated heterocycles. The summed E-state index contributed by atoms with van der Waals surface area (Å²) in [6, 6.07) is 0.0990. The largest absolute Gasteiger partial charge is 0.456 e. The van der Waals surface area contributed by atoms with E-state index in [0.717, 1.165) is 12.8 Å². The zero-order valence-corrected chi connectivity index (χ0v) is 15.3. The van der Waals surface area contributed by atoms with Gasteiger partial charge in [0.25, 0.3) is 0 Å². The summed E-state index contributed by atoms with van der Waals surface area (Å²) in [7, 11) is 12.5. The first-order valence-corrected chi connectivity index (χ1v) is 7.80. The van der Waals surface area contributed by atoms with Crippen molar-refractivity contribution in [2.24, 2.45) is 0 Å². The van der Waals surface area contributed by atoms with Crippen molar-refractivity contribution < 1.29 is 28.0 Å². The zero-order valence-electron chi connectivity index (χ0n) is 15.3. The Labute approximate surface area is 134 Å². The molecular weight excluding hydrogens is 284 g/mol. The van der Waals surface area contributed by atoms with Gasteiger partial charge < -0.3 is 18.4 Å². The van der Waals surface area contributed by atoms with Crippen LogP contribution < -0.4 is 0 Å². The summed E-state index contributed by atoms with van der Waals surface area (Å²) in [6.07, 6.45) is 1.13. The van der Waals surface area contributed by atoms with Crippen molar-refractivity contribution >= 4 is 11.9 Å². The van der Waals surface area contributed by atoms with E-state index in [4.69, 9.17) is 9.47 Å². The highest BCUT2D eigenvalue weighted by Gasteiger charge is 2.54. The van der Waals surface area contributed by atoms with Crippen molar-refractivity contribution in [1.29, 1.82) is 0 Å². The molecule has 1 fully saturated rings. The summed E-state index contributed by atoms with van der Waals surface area (Å²) >= 11 is 0. The van der Waals surface area contributed by atoms with Crippen LogP contribution in [0.25, 0.3) is 0 Å². The van der Waals surface area contributed by atoms with E-state index in [0.29, 0.717) is 8.97 Å². The van der Waals surface area contributed by atoms with E-state index in [-0.39, 0.29) is 36.2 Å². The van der Waals surface area contributed by atoms with E-state index in [1.807, 2.05) is 0 Å². The van der Waals surface area contributed by atoms with Crippen LogP contribution >= 0.6 is 0 Å². The minimum absolute atomic E-state index is 0.0797. The van der Waals surface area contributed by atoms with Crippen LogP contribution in [-0.2, 0) is 19.1 Å². The lowest BCUT2D eigenvalue weighted by Crippen LogP contribution is -2.69. The van der Waals surface area contributed by atoms with Crippen LogP contribution in [0.5, 0.6) is 0 Å². The van der Waals surface area contributed by atoms with E-state index in [2.05, 4.69) is 42.3 Å². The van der Waals surface area contributed by atoms with Crippen LogP contribution in [-0.4, -0.2) is 87.5 Å². The minimum atomic E-state index is -0.287. The Morgan fingerprint density at radius 3 is 1.68 bits per heavy atom. The monoisotopic (exact) mass is 316 g/mol. The summed E-state index contributed by atoms with van der Waals surface area (Å²) in [5.74, 6) is -0.570. The van der Waals surface area contributed by atoms with Gasteiger partial charge in [0, 0.05) is 20.3 Å². The zero-order chi connectivity index (χ0) is 17.3. The number of hydrogen-bond acceptors (Lipinski definition) is 4. The molecule has 1 rings (SSSR count). The molecule has 0 unspecified atom stereocenters. The smallest absolute Gasteiger partial charge is 0.303 e. The maximum Gasteiger partial charge on any atom is 0.303 e. The molecule has 6 nitrogen and oxygen atoms in total. The van der Waals surface area contributed by atoms with Gasteiger partial charge in [-0.25, -0.2) is 0 Å². The Bertz CT molecular complexity index is 423. The number of carbonyl (C=O) groups excluding carboxylic acids is 2.